The van der Waals surface area contributed by atoms with Crippen LogP contribution in [0.4, 0.5) is 0 Å². The van der Waals surface area contributed by atoms with Gasteiger partial charge in [-0.05, 0) is 19.8 Å². The molecule has 1 aliphatic rings. The molecule has 0 aliphatic heterocycles. The molecule has 1 fully saturated rings. The first-order chi connectivity index (χ1) is 9.02. The van der Waals surface area contributed by atoms with Crippen molar-refractivity contribution in [1.82, 2.24) is 15.5 Å². The first kappa shape index (κ1) is 13.5. The van der Waals surface area contributed by atoms with Crippen molar-refractivity contribution in [2.24, 2.45) is 0 Å². The third-order valence-corrected chi connectivity index (χ3v) is 3.38. The fourth-order valence-corrected chi connectivity index (χ4v) is 2.36. The van der Waals surface area contributed by atoms with Crippen molar-refractivity contribution in [3.63, 3.8) is 0 Å². The van der Waals surface area contributed by atoms with Crippen LogP contribution in [0.1, 0.15) is 43.8 Å². The topological polar surface area (TPSA) is 105 Å². The molecule has 7 heteroatoms. The number of carbonyl (C=O) groups is 2. The van der Waals surface area contributed by atoms with Gasteiger partial charge in [-0.3, -0.25) is 4.79 Å². The number of aliphatic carboxylic acids is 1. The monoisotopic (exact) mass is 267 g/mol. The number of aryl methyl sites for hydroxylation is 2. The molecular weight excluding hydrogens is 250 g/mol. The quantitative estimate of drug-likeness (QED) is 0.818. The molecule has 19 heavy (non-hydrogen) atoms. The zero-order valence-electron chi connectivity index (χ0n) is 10.8. The van der Waals surface area contributed by atoms with Crippen molar-refractivity contribution in [2.75, 3.05) is 0 Å². The van der Waals surface area contributed by atoms with E-state index in [4.69, 9.17) is 4.52 Å². The normalized spacial score (nSPS) is 17.3. The minimum atomic E-state index is -1.08. The van der Waals surface area contributed by atoms with Gasteiger partial charge in [0, 0.05) is 12.8 Å². The largest absolute Gasteiger partial charge is 0.480 e. The van der Waals surface area contributed by atoms with Gasteiger partial charge >= 0.3 is 5.97 Å². The van der Waals surface area contributed by atoms with Crippen molar-refractivity contribution >= 4 is 11.9 Å². The standard InChI is InChI=1S/C12H17N3O4/c1-8-13-10(19-15-8)5-4-9(16)14-12(11(17)18)6-2-3-7-12/h2-7H2,1H3,(H,14,16)(H,17,18). The number of nitrogens with one attached hydrogen (secondary N) is 1. The molecule has 1 aliphatic carbocycles. The summed E-state index contributed by atoms with van der Waals surface area (Å²) < 4.78 is 4.90. The molecule has 0 atom stereocenters. The summed E-state index contributed by atoms with van der Waals surface area (Å²) in [6.45, 7) is 1.70. The zero-order valence-corrected chi connectivity index (χ0v) is 10.8. The summed E-state index contributed by atoms with van der Waals surface area (Å²) in [7, 11) is 0. The number of carbonyl (C=O) groups excluding carboxylic acids is 1. The molecule has 7 nitrogen and oxygen atoms in total. The second-order valence-corrected chi connectivity index (χ2v) is 4.88. The third kappa shape index (κ3) is 3.10. The molecule has 0 spiro atoms. The Kier molecular flexibility index (Phi) is 3.82. The van der Waals surface area contributed by atoms with E-state index >= 15 is 0 Å². The summed E-state index contributed by atoms with van der Waals surface area (Å²) in [6.07, 6.45) is 3.12. The summed E-state index contributed by atoms with van der Waals surface area (Å²) in [5.41, 5.74) is -1.08. The van der Waals surface area contributed by atoms with E-state index in [1.54, 1.807) is 6.92 Å². The Labute approximate surface area is 110 Å². The minimum Gasteiger partial charge on any atom is -0.480 e. The molecule has 0 bridgehead atoms. The van der Waals surface area contributed by atoms with Crippen LogP contribution in [0.2, 0.25) is 0 Å². The molecule has 1 heterocycles. The smallest absolute Gasteiger partial charge is 0.329 e. The number of nitrogens with zero attached hydrogens (tertiary/aromatic N) is 2. The van der Waals surface area contributed by atoms with Gasteiger partial charge in [0.2, 0.25) is 11.8 Å². The Morgan fingerprint density at radius 2 is 2.11 bits per heavy atom. The molecule has 0 saturated heterocycles. The van der Waals surface area contributed by atoms with Gasteiger partial charge in [-0.25, -0.2) is 4.79 Å². The van der Waals surface area contributed by atoms with Gasteiger partial charge in [-0.2, -0.15) is 4.98 Å². The van der Waals surface area contributed by atoms with Gasteiger partial charge in [0.05, 0.1) is 0 Å². The molecule has 2 rings (SSSR count). The van der Waals surface area contributed by atoms with Gasteiger partial charge in [-0.15, -0.1) is 0 Å². The third-order valence-electron chi connectivity index (χ3n) is 3.38. The van der Waals surface area contributed by atoms with Crippen LogP contribution in [0.15, 0.2) is 4.52 Å². The molecule has 104 valence electrons. The highest BCUT2D eigenvalue weighted by Gasteiger charge is 2.42. The maximum atomic E-state index is 11.8. The number of rotatable bonds is 5. The Morgan fingerprint density at radius 3 is 2.63 bits per heavy atom. The Hall–Kier alpha value is -1.92. The number of carboxylic acids is 1. The van der Waals surface area contributed by atoms with Gasteiger partial charge in [0.25, 0.3) is 0 Å². The minimum absolute atomic E-state index is 0.149. The average molecular weight is 267 g/mol. The molecule has 1 saturated carbocycles. The lowest BCUT2D eigenvalue weighted by Gasteiger charge is -2.25. The summed E-state index contributed by atoms with van der Waals surface area (Å²) in [5, 5.41) is 15.5. The molecule has 2 N–H and O–H groups in total. The Morgan fingerprint density at radius 1 is 1.42 bits per heavy atom. The van der Waals surface area contributed by atoms with E-state index in [0.29, 0.717) is 31.0 Å². The first-order valence-corrected chi connectivity index (χ1v) is 6.35. The van der Waals surface area contributed by atoms with Gasteiger partial charge in [-0.1, -0.05) is 18.0 Å². The summed E-state index contributed by atoms with van der Waals surface area (Å²) in [6, 6.07) is 0. The van der Waals surface area contributed by atoms with Crippen LogP contribution >= 0.6 is 0 Å². The van der Waals surface area contributed by atoms with Crippen molar-refractivity contribution in [1.29, 1.82) is 0 Å². The molecule has 0 radical (unpaired) electrons. The lowest BCUT2D eigenvalue weighted by Crippen LogP contribution is -2.52. The molecule has 0 aromatic carbocycles. The number of hydrogen-bond acceptors (Lipinski definition) is 5. The Balaban J connectivity index is 1.88. The summed E-state index contributed by atoms with van der Waals surface area (Å²) in [4.78, 5) is 27.1. The van der Waals surface area contributed by atoms with Crippen molar-refractivity contribution < 1.29 is 19.2 Å². The van der Waals surface area contributed by atoms with E-state index in [2.05, 4.69) is 15.5 Å². The van der Waals surface area contributed by atoms with Crippen LogP contribution in [-0.4, -0.2) is 32.7 Å². The van der Waals surface area contributed by atoms with Crippen molar-refractivity contribution in [2.45, 2.75) is 51.0 Å². The zero-order chi connectivity index (χ0) is 13.9. The van der Waals surface area contributed by atoms with Gasteiger partial charge in [0.1, 0.15) is 5.54 Å². The van der Waals surface area contributed by atoms with Crippen LogP contribution in [0.5, 0.6) is 0 Å². The van der Waals surface area contributed by atoms with Crippen LogP contribution in [0.25, 0.3) is 0 Å². The Bertz CT molecular complexity index is 477. The molecule has 1 aromatic heterocycles. The van der Waals surface area contributed by atoms with Gasteiger partial charge in [0.15, 0.2) is 5.82 Å². The average Bonchev–Trinajstić information content (AvgIpc) is 2.97. The van der Waals surface area contributed by atoms with Crippen LogP contribution in [0.3, 0.4) is 0 Å². The van der Waals surface area contributed by atoms with E-state index in [1.165, 1.54) is 0 Å². The van der Waals surface area contributed by atoms with Crippen LogP contribution in [0, 0.1) is 6.92 Å². The highest BCUT2D eigenvalue weighted by Crippen LogP contribution is 2.30. The number of carboxylic acid groups (broad SMARTS) is 1. The van der Waals surface area contributed by atoms with E-state index in [0.717, 1.165) is 12.8 Å². The second kappa shape index (κ2) is 5.38. The molecule has 0 unspecified atom stereocenters. The summed E-state index contributed by atoms with van der Waals surface area (Å²) in [5.74, 6) is -0.330. The second-order valence-electron chi connectivity index (χ2n) is 4.88. The number of aromatic nitrogens is 2. The predicted octanol–water partition coefficient (Wildman–Crippen LogP) is 0.824. The molecule has 1 aromatic rings. The maximum Gasteiger partial charge on any atom is 0.329 e. The lowest BCUT2D eigenvalue weighted by atomic mass is 9.97. The lowest BCUT2D eigenvalue weighted by molar-refractivity contribution is -0.147. The fraction of sp³-hybridized carbons (Fsp3) is 0.667. The van der Waals surface area contributed by atoms with E-state index in [9.17, 15) is 14.7 Å². The number of amides is 1. The van der Waals surface area contributed by atoms with Crippen molar-refractivity contribution in [3.05, 3.63) is 11.7 Å². The first-order valence-electron chi connectivity index (χ1n) is 6.35. The molecular formula is C12H17N3O4. The maximum absolute atomic E-state index is 11.8. The highest BCUT2D eigenvalue weighted by molar-refractivity contribution is 5.87. The SMILES string of the molecule is Cc1noc(CCC(=O)NC2(C(=O)O)CCCC2)n1. The number of hydrogen-bond donors (Lipinski definition) is 2. The van der Waals surface area contributed by atoms with Crippen LogP contribution < -0.4 is 5.32 Å². The predicted molar refractivity (Wildman–Crippen MR) is 64.3 cm³/mol. The van der Waals surface area contributed by atoms with E-state index in [1.807, 2.05) is 0 Å². The molecule has 1 amide bonds. The highest BCUT2D eigenvalue weighted by atomic mass is 16.5. The summed E-state index contributed by atoms with van der Waals surface area (Å²) >= 11 is 0. The van der Waals surface area contributed by atoms with Crippen LogP contribution in [-0.2, 0) is 16.0 Å². The van der Waals surface area contributed by atoms with Crippen molar-refractivity contribution in [3.8, 4) is 0 Å². The van der Waals surface area contributed by atoms with Gasteiger partial charge < -0.3 is 14.9 Å². The fourth-order valence-electron chi connectivity index (χ4n) is 2.36. The van der Waals surface area contributed by atoms with E-state index in [-0.39, 0.29) is 12.3 Å². The van der Waals surface area contributed by atoms with E-state index < -0.39 is 11.5 Å².